The van der Waals surface area contributed by atoms with Gasteiger partial charge in [-0.05, 0) is 60.7 Å². The standard InChI is InChI=1S/C26H28ClN3O2/c27-21-11-6-19(7-12-21)16-25(32)30-26-23(15-8-18-4-2-1-3-5-18)29-24(17-28-26)20-9-13-22(31)14-10-20/h6-7,9-14,17-18,31H,1-5,8,15-16H2,(H,28,30,32). The molecule has 0 radical (unpaired) electrons. The molecule has 4 rings (SSSR count). The lowest BCUT2D eigenvalue weighted by Gasteiger charge is -2.21. The Hall–Kier alpha value is -2.92. The number of amides is 1. The van der Waals surface area contributed by atoms with Gasteiger partial charge in [-0.3, -0.25) is 4.79 Å². The van der Waals surface area contributed by atoms with Gasteiger partial charge in [0, 0.05) is 10.6 Å². The quantitative estimate of drug-likeness (QED) is 0.450. The predicted octanol–water partition coefficient (Wildman–Crippen LogP) is 6.20. The Morgan fingerprint density at radius 1 is 1.03 bits per heavy atom. The van der Waals surface area contributed by atoms with E-state index in [4.69, 9.17) is 16.6 Å². The third kappa shape index (κ3) is 6.07. The molecule has 1 heterocycles. The molecule has 166 valence electrons. The molecule has 0 unspecified atom stereocenters. The molecule has 1 fully saturated rings. The molecule has 32 heavy (non-hydrogen) atoms. The first-order chi connectivity index (χ1) is 15.6. The molecule has 5 nitrogen and oxygen atoms in total. The SMILES string of the molecule is O=C(Cc1ccc(Cl)cc1)Nc1ncc(-c2ccc(O)cc2)nc1CCC1CCCCC1. The molecule has 6 heteroatoms. The van der Waals surface area contributed by atoms with Crippen LogP contribution in [0.3, 0.4) is 0 Å². The van der Waals surface area contributed by atoms with E-state index in [1.807, 2.05) is 24.3 Å². The number of hydrogen-bond donors (Lipinski definition) is 2. The van der Waals surface area contributed by atoms with Gasteiger partial charge in [0.2, 0.25) is 5.91 Å². The van der Waals surface area contributed by atoms with Crippen molar-refractivity contribution >= 4 is 23.3 Å². The van der Waals surface area contributed by atoms with Crippen molar-refractivity contribution in [3.8, 4) is 17.0 Å². The summed E-state index contributed by atoms with van der Waals surface area (Å²) in [6, 6.07) is 14.2. The van der Waals surface area contributed by atoms with E-state index in [0.717, 1.165) is 35.4 Å². The second-order valence-electron chi connectivity index (χ2n) is 8.49. The lowest BCUT2D eigenvalue weighted by molar-refractivity contribution is -0.115. The van der Waals surface area contributed by atoms with Crippen molar-refractivity contribution in [2.45, 2.75) is 51.4 Å². The number of aryl methyl sites for hydroxylation is 1. The number of carbonyl (C=O) groups excluding carboxylic acids is 1. The Balaban J connectivity index is 1.52. The van der Waals surface area contributed by atoms with Gasteiger partial charge >= 0.3 is 0 Å². The maximum Gasteiger partial charge on any atom is 0.229 e. The van der Waals surface area contributed by atoms with Crippen molar-refractivity contribution in [3.63, 3.8) is 0 Å². The van der Waals surface area contributed by atoms with Gasteiger partial charge in [0.25, 0.3) is 0 Å². The van der Waals surface area contributed by atoms with Crippen molar-refractivity contribution in [1.29, 1.82) is 0 Å². The molecule has 0 spiro atoms. The molecule has 0 atom stereocenters. The molecule has 1 amide bonds. The average Bonchev–Trinajstić information content (AvgIpc) is 2.81. The number of hydrogen-bond acceptors (Lipinski definition) is 4. The summed E-state index contributed by atoms with van der Waals surface area (Å²) >= 11 is 5.94. The first-order valence-electron chi connectivity index (χ1n) is 11.3. The van der Waals surface area contributed by atoms with Crippen LogP contribution in [0.15, 0.2) is 54.7 Å². The number of rotatable bonds is 7. The first kappa shape index (κ1) is 22.3. The van der Waals surface area contributed by atoms with Gasteiger partial charge in [-0.25, -0.2) is 9.97 Å². The number of aromatic nitrogens is 2. The number of nitrogens with zero attached hydrogens (tertiary/aromatic N) is 2. The fourth-order valence-corrected chi connectivity index (χ4v) is 4.38. The number of aromatic hydroxyl groups is 1. The zero-order chi connectivity index (χ0) is 22.3. The highest BCUT2D eigenvalue weighted by Crippen LogP contribution is 2.29. The molecule has 0 bridgehead atoms. The van der Waals surface area contributed by atoms with Crippen LogP contribution in [0.25, 0.3) is 11.3 Å². The van der Waals surface area contributed by atoms with Crippen LogP contribution in [0.4, 0.5) is 5.82 Å². The summed E-state index contributed by atoms with van der Waals surface area (Å²) in [6.07, 6.45) is 10.2. The monoisotopic (exact) mass is 449 g/mol. The van der Waals surface area contributed by atoms with E-state index in [2.05, 4.69) is 10.3 Å². The lowest BCUT2D eigenvalue weighted by atomic mass is 9.86. The van der Waals surface area contributed by atoms with Crippen molar-refractivity contribution in [2.75, 3.05) is 5.32 Å². The van der Waals surface area contributed by atoms with Crippen LogP contribution in [-0.2, 0) is 17.6 Å². The fourth-order valence-electron chi connectivity index (χ4n) is 4.26. The maximum atomic E-state index is 12.7. The minimum atomic E-state index is -0.127. The van der Waals surface area contributed by atoms with Gasteiger partial charge in [0.05, 0.1) is 24.0 Å². The van der Waals surface area contributed by atoms with E-state index in [1.165, 1.54) is 32.1 Å². The first-order valence-corrected chi connectivity index (χ1v) is 11.6. The summed E-state index contributed by atoms with van der Waals surface area (Å²) in [7, 11) is 0. The van der Waals surface area contributed by atoms with Crippen LogP contribution in [0.5, 0.6) is 5.75 Å². The molecule has 1 aliphatic carbocycles. The smallest absolute Gasteiger partial charge is 0.229 e. The summed E-state index contributed by atoms with van der Waals surface area (Å²) in [5.74, 6) is 1.33. The number of phenols is 1. The van der Waals surface area contributed by atoms with E-state index >= 15 is 0 Å². The highest BCUT2D eigenvalue weighted by molar-refractivity contribution is 6.30. The summed E-state index contributed by atoms with van der Waals surface area (Å²) < 4.78 is 0. The summed E-state index contributed by atoms with van der Waals surface area (Å²) in [4.78, 5) is 22.1. The number of carbonyl (C=O) groups is 1. The average molecular weight is 450 g/mol. The summed E-state index contributed by atoms with van der Waals surface area (Å²) in [6.45, 7) is 0. The third-order valence-electron chi connectivity index (χ3n) is 6.06. The van der Waals surface area contributed by atoms with Gasteiger partial charge in [-0.2, -0.15) is 0 Å². The van der Waals surface area contributed by atoms with E-state index < -0.39 is 0 Å². The van der Waals surface area contributed by atoms with Crippen LogP contribution < -0.4 is 5.32 Å². The van der Waals surface area contributed by atoms with Crippen molar-refractivity contribution < 1.29 is 9.90 Å². The molecule has 2 N–H and O–H groups in total. The van der Waals surface area contributed by atoms with Gasteiger partial charge in [0.15, 0.2) is 5.82 Å². The number of phenolic OH excluding ortho intramolecular Hbond substituents is 1. The van der Waals surface area contributed by atoms with Crippen molar-refractivity contribution in [2.24, 2.45) is 5.92 Å². The normalized spacial score (nSPS) is 14.3. The minimum Gasteiger partial charge on any atom is -0.508 e. The molecule has 2 aromatic carbocycles. The highest BCUT2D eigenvalue weighted by Gasteiger charge is 2.17. The molecular formula is C26H28ClN3O2. The Labute approximate surface area is 193 Å². The zero-order valence-corrected chi connectivity index (χ0v) is 18.8. The van der Waals surface area contributed by atoms with Crippen LogP contribution in [0.1, 0.15) is 49.8 Å². The molecule has 1 aromatic heterocycles. The molecule has 1 saturated carbocycles. The number of halogens is 1. The second kappa shape index (κ2) is 10.6. The molecule has 0 aliphatic heterocycles. The number of anilines is 1. The van der Waals surface area contributed by atoms with Crippen LogP contribution in [0, 0.1) is 5.92 Å². The van der Waals surface area contributed by atoms with Crippen LogP contribution in [0.2, 0.25) is 5.02 Å². The fraction of sp³-hybridized carbons (Fsp3) is 0.346. The Morgan fingerprint density at radius 3 is 2.47 bits per heavy atom. The van der Waals surface area contributed by atoms with Gasteiger partial charge in [0.1, 0.15) is 5.75 Å². The highest BCUT2D eigenvalue weighted by atomic mass is 35.5. The van der Waals surface area contributed by atoms with E-state index in [1.54, 1.807) is 30.5 Å². The number of nitrogens with one attached hydrogen (secondary N) is 1. The third-order valence-corrected chi connectivity index (χ3v) is 6.31. The van der Waals surface area contributed by atoms with Gasteiger partial charge < -0.3 is 10.4 Å². The molecule has 0 saturated heterocycles. The Bertz CT molecular complexity index is 1050. The largest absolute Gasteiger partial charge is 0.508 e. The topological polar surface area (TPSA) is 75.1 Å². The Kier molecular flexibility index (Phi) is 7.38. The summed E-state index contributed by atoms with van der Waals surface area (Å²) in [5, 5.41) is 13.2. The molecule has 3 aromatic rings. The van der Waals surface area contributed by atoms with Crippen LogP contribution in [-0.4, -0.2) is 21.0 Å². The zero-order valence-electron chi connectivity index (χ0n) is 18.1. The van der Waals surface area contributed by atoms with E-state index in [-0.39, 0.29) is 18.1 Å². The van der Waals surface area contributed by atoms with Crippen molar-refractivity contribution in [1.82, 2.24) is 9.97 Å². The molecular weight excluding hydrogens is 422 g/mol. The predicted molar refractivity (Wildman–Crippen MR) is 128 cm³/mol. The Morgan fingerprint density at radius 2 is 1.75 bits per heavy atom. The van der Waals surface area contributed by atoms with Gasteiger partial charge in [-0.15, -0.1) is 0 Å². The van der Waals surface area contributed by atoms with E-state index in [9.17, 15) is 9.90 Å². The van der Waals surface area contributed by atoms with Crippen molar-refractivity contribution in [3.05, 3.63) is 71.0 Å². The van der Waals surface area contributed by atoms with Gasteiger partial charge in [-0.1, -0.05) is 55.8 Å². The second-order valence-corrected chi connectivity index (χ2v) is 8.93. The minimum absolute atomic E-state index is 0.127. The van der Waals surface area contributed by atoms with E-state index in [0.29, 0.717) is 16.8 Å². The number of benzene rings is 2. The van der Waals surface area contributed by atoms with Crippen LogP contribution >= 0.6 is 11.6 Å². The maximum absolute atomic E-state index is 12.7. The molecule has 1 aliphatic rings. The lowest BCUT2D eigenvalue weighted by Crippen LogP contribution is -2.18. The summed E-state index contributed by atoms with van der Waals surface area (Å²) in [5.41, 5.74) is 3.32.